The number of aromatic nitrogens is 3. The predicted molar refractivity (Wildman–Crippen MR) is 117 cm³/mol. The van der Waals surface area contributed by atoms with Gasteiger partial charge in [0.05, 0.1) is 25.3 Å². The summed E-state index contributed by atoms with van der Waals surface area (Å²) >= 11 is 5.33. The van der Waals surface area contributed by atoms with E-state index in [9.17, 15) is 0 Å². The van der Waals surface area contributed by atoms with Crippen molar-refractivity contribution in [3.8, 4) is 23.2 Å². The van der Waals surface area contributed by atoms with Crippen molar-refractivity contribution in [2.75, 3.05) is 25.1 Å². The van der Waals surface area contributed by atoms with Crippen molar-refractivity contribution in [1.82, 2.24) is 14.9 Å². The van der Waals surface area contributed by atoms with Crippen molar-refractivity contribution in [3.63, 3.8) is 0 Å². The van der Waals surface area contributed by atoms with Gasteiger partial charge in [0.1, 0.15) is 5.75 Å². The summed E-state index contributed by atoms with van der Waals surface area (Å²) in [7, 11) is 1.97. The third kappa shape index (κ3) is 5.09. The second-order valence-electron chi connectivity index (χ2n) is 6.29. The van der Waals surface area contributed by atoms with Crippen LogP contribution in [0.4, 0.5) is 5.69 Å². The smallest absolute Gasteiger partial charge is 0.216 e. The third-order valence-electron chi connectivity index (χ3n) is 4.27. The van der Waals surface area contributed by atoms with Gasteiger partial charge in [0.2, 0.25) is 4.77 Å². The predicted octanol–water partition coefficient (Wildman–Crippen LogP) is 4.24. The highest BCUT2D eigenvalue weighted by Gasteiger charge is 2.09. The van der Waals surface area contributed by atoms with E-state index in [-0.39, 0.29) is 0 Å². The number of nitrogens with zero attached hydrogens (tertiary/aromatic N) is 5. The summed E-state index contributed by atoms with van der Waals surface area (Å²) < 4.78 is 7.56. The minimum Gasteiger partial charge on any atom is -0.494 e. The fourth-order valence-corrected chi connectivity index (χ4v) is 2.94. The minimum absolute atomic E-state index is 0.408. The minimum atomic E-state index is 0.408. The number of nitriles is 1. The Bertz CT molecular complexity index is 1080. The van der Waals surface area contributed by atoms with Gasteiger partial charge < -0.3 is 9.64 Å². The van der Waals surface area contributed by atoms with Crippen molar-refractivity contribution in [2.24, 2.45) is 5.10 Å². The first kappa shape index (κ1) is 20.3. The molecule has 0 unspecified atom stereocenters. The fourth-order valence-electron chi connectivity index (χ4n) is 2.76. The van der Waals surface area contributed by atoms with Gasteiger partial charge in [-0.15, -0.1) is 0 Å². The zero-order valence-electron chi connectivity index (χ0n) is 16.4. The van der Waals surface area contributed by atoms with E-state index < -0.39 is 0 Å². The van der Waals surface area contributed by atoms with Crippen molar-refractivity contribution >= 4 is 24.1 Å². The van der Waals surface area contributed by atoms with E-state index in [2.05, 4.69) is 21.4 Å². The van der Waals surface area contributed by atoms with Crippen LogP contribution < -0.4 is 9.64 Å². The number of aromatic amines is 1. The van der Waals surface area contributed by atoms with Gasteiger partial charge in [0, 0.05) is 24.8 Å². The van der Waals surface area contributed by atoms with Crippen LogP contribution in [-0.2, 0) is 0 Å². The molecule has 0 atom stereocenters. The Morgan fingerprint density at radius 3 is 2.83 bits per heavy atom. The number of benzene rings is 2. The molecule has 3 rings (SSSR count). The Labute approximate surface area is 174 Å². The van der Waals surface area contributed by atoms with Gasteiger partial charge in [-0.05, 0) is 49.0 Å². The Kier molecular flexibility index (Phi) is 6.76. The Morgan fingerprint density at radius 1 is 1.31 bits per heavy atom. The first-order valence-electron chi connectivity index (χ1n) is 9.25. The van der Waals surface area contributed by atoms with E-state index in [1.807, 2.05) is 67.4 Å². The van der Waals surface area contributed by atoms with Crippen LogP contribution in [0, 0.1) is 16.1 Å². The first-order chi connectivity index (χ1) is 14.1. The molecule has 0 saturated carbocycles. The van der Waals surface area contributed by atoms with Crippen LogP contribution in [0.2, 0.25) is 0 Å². The average Bonchev–Trinajstić information content (AvgIpc) is 3.11. The van der Waals surface area contributed by atoms with E-state index in [0.29, 0.717) is 30.2 Å². The summed E-state index contributed by atoms with van der Waals surface area (Å²) in [6, 6.07) is 17.8. The molecule has 0 amide bonds. The van der Waals surface area contributed by atoms with Crippen molar-refractivity contribution in [1.29, 1.82) is 5.26 Å². The zero-order valence-corrected chi connectivity index (χ0v) is 17.2. The van der Waals surface area contributed by atoms with E-state index in [4.69, 9.17) is 22.2 Å². The molecule has 3 aromatic rings. The zero-order chi connectivity index (χ0) is 20.6. The summed E-state index contributed by atoms with van der Waals surface area (Å²) in [4.78, 5) is 2.04. The summed E-state index contributed by atoms with van der Waals surface area (Å²) in [5, 5.41) is 20.3. The van der Waals surface area contributed by atoms with Crippen molar-refractivity contribution < 1.29 is 4.74 Å². The summed E-state index contributed by atoms with van der Waals surface area (Å²) in [5.41, 5.74) is 2.83. The van der Waals surface area contributed by atoms with E-state index >= 15 is 0 Å². The topological polar surface area (TPSA) is 82.2 Å². The molecule has 0 radical (unpaired) electrons. The van der Waals surface area contributed by atoms with Crippen LogP contribution in [0.3, 0.4) is 0 Å². The van der Waals surface area contributed by atoms with Crippen LogP contribution in [-0.4, -0.2) is 41.3 Å². The lowest BCUT2D eigenvalue weighted by atomic mass is 10.2. The number of nitrogens with one attached hydrogen (secondary N) is 1. The molecule has 0 aliphatic rings. The maximum atomic E-state index is 8.72. The molecule has 29 heavy (non-hydrogen) atoms. The summed E-state index contributed by atoms with van der Waals surface area (Å²) in [6.07, 6.45) is 2.23. The molecule has 0 spiro atoms. The first-order valence-corrected chi connectivity index (χ1v) is 9.66. The highest BCUT2D eigenvalue weighted by atomic mass is 32.1. The lowest BCUT2D eigenvalue weighted by Crippen LogP contribution is -2.17. The quantitative estimate of drug-likeness (QED) is 0.447. The van der Waals surface area contributed by atoms with E-state index in [1.165, 1.54) is 0 Å². The molecular formula is C21H22N6OS. The van der Waals surface area contributed by atoms with Crippen LogP contribution >= 0.6 is 12.2 Å². The second-order valence-corrected chi connectivity index (χ2v) is 6.68. The molecule has 1 N–H and O–H groups in total. The number of H-pyrrole nitrogens is 1. The molecule has 2 aromatic carbocycles. The summed E-state index contributed by atoms with van der Waals surface area (Å²) in [6.45, 7) is 3.23. The van der Waals surface area contributed by atoms with Gasteiger partial charge in [0.25, 0.3) is 0 Å². The molecular weight excluding hydrogens is 384 g/mol. The van der Waals surface area contributed by atoms with Gasteiger partial charge in [-0.25, -0.2) is 5.10 Å². The largest absolute Gasteiger partial charge is 0.494 e. The van der Waals surface area contributed by atoms with Crippen LogP contribution in [0.15, 0.2) is 53.6 Å². The van der Waals surface area contributed by atoms with Gasteiger partial charge in [-0.3, -0.25) is 0 Å². The Morgan fingerprint density at radius 2 is 2.10 bits per heavy atom. The molecule has 148 valence electrons. The molecule has 8 heteroatoms. The molecule has 0 bridgehead atoms. The van der Waals surface area contributed by atoms with Crippen LogP contribution in [0.1, 0.15) is 18.9 Å². The maximum Gasteiger partial charge on any atom is 0.216 e. The number of hydrogen-bond donors (Lipinski definition) is 1. The lowest BCUT2D eigenvalue weighted by Gasteiger charge is -2.17. The average molecular weight is 407 g/mol. The lowest BCUT2D eigenvalue weighted by molar-refractivity contribution is 0.340. The third-order valence-corrected chi connectivity index (χ3v) is 4.53. The number of anilines is 1. The molecule has 7 nitrogen and oxygen atoms in total. The Hall–Kier alpha value is -3.44. The second kappa shape index (κ2) is 9.66. The Balaban J connectivity index is 1.81. The molecule has 0 fully saturated rings. The van der Waals surface area contributed by atoms with Gasteiger partial charge >= 0.3 is 0 Å². The van der Waals surface area contributed by atoms with Crippen molar-refractivity contribution in [2.45, 2.75) is 13.3 Å². The molecule has 0 saturated heterocycles. The SMILES string of the molecule is CCOc1cccc(-c2n[nH]c(=S)n2/N=C/c2ccc(N(C)CCC#N)cc2)c1. The van der Waals surface area contributed by atoms with E-state index in [0.717, 1.165) is 22.6 Å². The highest BCUT2D eigenvalue weighted by molar-refractivity contribution is 7.71. The standard InChI is InChI=1S/C21H22N6OS/c1-3-28-19-7-4-6-17(14-19)20-24-25-21(29)27(20)23-15-16-8-10-18(11-9-16)26(2)13-5-12-22/h4,6-11,14-15H,3,5,13H2,1-2H3,(H,25,29)/b23-15+. The van der Waals surface area contributed by atoms with Crippen LogP contribution in [0.25, 0.3) is 11.4 Å². The molecule has 1 heterocycles. The van der Waals surface area contributed by atoms with Gasteiger partial charge in [0.15, 0.2) is 5.82 Å². The normalized spacial score (nSPS) is 10.8. The monoisotopic (exact) mass is 406 g/mol. The molecule has 0 aliphatic carbocycles. The van der Waals surface area contributed by atoms with Crippen molar-refractivity contribution in [3.05, 3.63) is 58.9 Å². The molecule has 0 aliphatic heterocycles. The van der Waals surface area contributed by atoms with Crippen LogP contribution in [0.5, 0.6) is 5.75 Å². The number of hydrogen-bond acceptors (Lipinski definition) is 6. The highest BCUT2D eigenvalue weighted by Crippen LogP contribution is 2.22. The summed E-state index contributed by atoms with van der Waals surface area (Å²) in [5.74, 6) is 1.38. The van der Waals surface area contributed by atoms with E-state index in [1.54, 1.807) is 10.9 Å². The molecule has 1 aromatic heterocycles. The number of ether oxygens (including phenoxy) is 1. The fraction of sp³-hybridized carbons (Fsp3) is 0.238. The van der Waals surface area contributed by atoms with Gasteiger partial charge in [-0.1, -0.05) is 24.3 Å². The van der Waals surface area contributed by atoms with Gasteiger partial charge in [-0.2, -0.15) is 20.1 Å². The number of rotatable bonds is 8. The maximum absolute atomic E-state index is 8.72.